The zero-order valence-corrected chi connectivity index (χ0v) is 17.7. The van der Waals surface area contributed by atoms with Crippen LogP contribution >= 0.6 is 11.3 Å². The highest BCUT2D eigenvalue weighted by Crippen LogP contribution is 2.21. The minimum absolute atomic E-state index is 0.161. The lowest BCUT2D eigenvalue weighted by molar-refractivity contribution is -0.115. The Morgan fingerprint density at radius 1 is 1.14 bits per heavy atom. The van der Waals surface area contributed by atoms with Gasteiger partial charge in [0.1, 0.15) is 5.01 Å². The highest BCUT2D eigenvalue weighted by molar-refractivity contribution is 7.89. The van der Waals surface area contributed by atoms with Crippen LogP contribution in [0.3, 0.4) is 0 Å². The van der Waals surface area contributed by atoms with Gasteiger partial charge in [-0.05, 0) is 37.0 Å². The number of aryl methyl sites for hydroxylation is 1. The van der Waals surface area contributed by atoms with Gasteiger partial charge in [0, 0.05) is 19.5 Å². The fraction of sp³-hybridized carbons (Fsp3) is 0.526. The van der Waals surface area contributed by atoms with Gasteiger partial charge in [0.25, 0.3) is 0 Å². The minimum atomic E-state index is -3.44. The Morgan fingerprint density at radius 3 is 2.54 bits per heavy atom. The number of amides is 1. The Balaban J connectivity index is 1.57. The Morgan fingerprint density at radius 2 is 1.86 bits per heavy atom. The van der Waals surface area contributed by atoms with Crippen LogP contribution in [0.15, 0.2) is 29.2 Å². The predicted octanol–water partition coefficient (Wildman–Crippen LogP) is 3.24. The molecule has 0 unspecified atom stereocenters. The Hall–Kier alpha value is -1.84. The number of hydrogen-bond donors (Lipinski definition) is 1. The summed E-state index contributed by atoms with van der Waals surface area (Å²) in [5.41, 5.74) is 0.755. The fourth-order valence-electron chi connectivity index (χ4n) is 3.12. The van der Waals surface area contributed by atoms with E-state index in [9.17, 15) is 13.2 Å². The number of piperidine rings is 1. The van der Waals surface area contributed by atoms with Crippen molar-refractivity contribution in [3.05, 3.63) is 34.8 Å². The quantitative estimate of drug-likeness (QED) is 0.705. The normalized spacial score (nSPS) is 15.5. The van der Waals surface area contributed by atoms with Gasteiger partial charge < -0.3 is 5.32 Å². The van der Waals surface area contributed by atoms with Gasteiger partial charge in [-0.25, -0.2) is 8.42 Å². The summed E-state index contributed by atoms with van der Waals surface area (Å²) >= 11 is 1.39. The van der Waals surface area contributed by atoms with Crippen LogP contribution in [0.25, 0.3) is 0 Å². The van der Waals surface area contributed by atoms with Crippen LogP contribution in [0.5, 0.6) is 0 Å². The van der Waals surface area contributed by atoms with E-state index in [-0.39, 0.29) is 17.2 Å². The second-order valence-corrected chi connectivity index (χ2v) is 9.94. The van der Waals surface area contributed by atoms with Crippen LogP contribution in [0.1, 0.15) is 49.6 Å². The maximum absolute atomic E-state index is 12.7. The van der Waals surface area contributed by atoms with E-state index in [1.165, 1.54) is 11.3 Å². The van der Waals surface area contributed by atoms with Crippen molar-refractivity contribution in [2.24, 2.45) is 0 Å². The van der Waals surface area contributed by atoms with Crippen molar-refractivity contribution in [1.29, 1.82) is 0 Å². The molecule has 152 valence electrons. The maximum Gasteiger partial charge on any atom is 0.243 e. The average Bonchev–Trinajstić information content (AvgIpc) is 3.14. The molecule has 28 heavy (non-hydrogen) atoms. The number of rotatable bonds is 8. The molecule has 1 N–H and O–H groups in total. The van der Waals surface area contributed by atoms with E-state index in [0.29, 0.717) is 18.2 Å². The summed E-state index contributed by atoms with van der Waals surface area (Å²) in [5.74, 6) is -0.190. The Kier molecular flexibility index (Phi) is 7.14. The third-order valence-corrected chi connectivity index (χ3v) is 7.51. The molecule has 1 aromatic carbocycles. The molecular weight excluding hydrogens is 396 g/mol. The first-order valence-corrected chi connectivity index (χ1v) is 12.0. The van der Waals surface area contributed by atoms with E-state index in [2.05, 4.69) is 22.4 Å². The molecule has 2 aromatic rings. The molecule has 0 saturated carbocycles. The molecule has 0 atom stereocenters. The third-order valence-electron chi connectivity index (χ3n) is 4.70. The molecule has 1 aromatic heterocycles. The first kappa shape index (κ1) is 20.9. The standard InChI is InChI=1S/C19H26N4O3S2/c1-2-3-7-18-21-22-19(27-18)20-17(24)14-15-8-10-16(11-9-15)28(25,26)23-12-5-4-6-13-23/h8-11H,2-7,12-14H2,1H3,(H,20,22,24). The molecule has 1 saturated heterocycles. The van der Waals surface area contributed by atoms with Crippen molar-refractivity contribution in [2.75, 3.05) is 18.4 Å². The van der Waals surface area contributed by atoms with Gasteiger partial charge in [0.15, 0.2) is 0 Å². The lowest BCUT2D eigenvalue weighted by Gasteiger charge is -2.25. The van der Waals surface area contributed by atoms with Gasteiger partial charge in [-0.15, -0.1) is 10.2 Å². The van der Waals surface area contributed by atoms with Gasteiger partial charge in [-0.3, -0.25) is 4.79 Å². The second-order valence-electron chi connectivity index (χ2n) is 6.94. The van der Waals surface area contributed by atoms with E-state index in [4.69, 9.17) is 0 Å². The molecule has 3 rings (SSSR count). The SMILES string of the molecule is CCCCc1nnc(NC(=O)Cc2ccc(S(=O)(=O)N3CCCCC3)cc2)s1. The largest absolute Gasteiger partial charge is 0.300 e. The molecule has 1 aliphatic rings. The number of nitrogens with zero attached hydrogens (tertiary/aromatic N) is 3. The lowest BCUT2D eigenvalue weighted by Crippen LogP contribution is -2.35. The molecule has 1 fully saturated rings. The van der Waals surface area contributed by atoms with Gasteiger partial charge in [0.05, 0.1) is 11.3 Å². The van der Waals surface area contributed by atoms with E-state index in [0.717, 1.165) is 49.1 Å². The maximum atomic E-state index is 12.7. The summed E-state index contributed by atoms with van der Waals surface area (Å²) in [6.07, 6.45) is 6.06. The molecule has 7 nitrogen and oxygen atoms in total. The number of carbonyl (C=O) groups excluding carboxylic acids is 1. The van der Waals surface area contributed by atoms with Crippen molar-refractivity contribution in [3.8, 4) is 0 Å². The molecule has 1 amide bonds. The first-order chi connectivity index (χ1) is 13.5. The first-order valence-electron chi connectivity index (χ1n) is 9.70. The number of unbranched alkanes of at least 4 members (excludes halogenated alkanes) is 1. The van der Waals surface area contributed by atoms with Crippen LogP contribution in [0.2, 0.25) is 0 Å². The van der Waals surface area contributed by atoms with E-state index in [1.54, 1.807) is 28.6 Å². The smallest absolute Gasteiger partial charge is 0.243 e. The summed E-state index contributed by atoms with van der Waals surface area (Å²) in [6.45, 7) is 3.27. The van der Waals surface area contributed by atoms with Crippen molar-refractivity contribution >= 4 is 32.4 Å². The highest BCUT2D eigenvalue weighted by atomic mass is 32.2. The van der Waals surface area contributed by atoms with E-state index >= 15 is 0 Å². The van der Waals surface area contributed by atoms with Crippen molar-refractivity contribution in [1.82, 2.24) is 14.5 Å². The third kappa shape index (κ3) is 5.36. The lowest BCUT2D eigenvalue weighted by atomic mass is 10.1. The number of aromatic nitrogens is 2. The number of sulfonamides is 1. The van der Waals surface area contributed by atoms with Crippen LogP contribution in [-0.2, 0) is 27.7 Å². The summed E-state index contributed by atoms with van der Waals surface area (Å²) in [6, 6.07) is 6.56. The Labute approximate surface area is 170 Å². The van der Waals surface area contributed by atoms with Crippen molar-refractivity contribution in [3.63, 3.8) is 0 Å². The molecule has 0 spiro atoms. The number of anilines is 1. The van der Waals surface area contributed by atoms with E-state index in [1.807, 2.05) is 0 Å². The molecule has 0 radical (unpaired) electrons. The van der Waals surface area contributed by atoms with Crippen LogP contribution < -0.4 is 5.32 Å². The predicted molar refractivity (Wildman–Crippen MR) is 110 cm³/mol. The van der Waals surface area contributed by atoms with Crippen LogP contribution in [0, 0.1) is 0 Å². The molecule has 0 aliphatic carbocycles. The topological polar surface area (TPSA) is 92.3 Å². The summed E-state index contributed by atoms with van der Waals surface area (Å²) in [4.78, 5) is 12.5. The summed E-state index contributed by atoms with van der Waals surface area (Å²) in [5, 5.41) is 12.3. The molecule has 2 heterocycles. The zero-order valence-electron chi connectivity index (χ0n) is 16.1. The molecule has 9 heteroatoms. The highest BCUT2D eigenvalue weighted by Gasteiger charge is 2.25. The number of benzene rings is 1. The number of nitrogens with one attached hydrogen (secondary N) is 1. The molecular formula is C19H26N4O3S2. The van der Waals surface area contributed by atoms with Crippen LogP contribution in [-0.4, -0.2) is 41.9 Å². The monoisotopic (exact) mass is 422 g/mol. The average molecular weight is 423 g/mol. The zero-order chi connectivity index (χ0) is 20.0. The van der Waals surface area contributed by atoms with Gasteiger partial charge in [-0.2, -0.15) is 4.31 Å². The minimum Gasteiger partial charge on any atom is -0.300 e. The molecule has 1 aliphatic heterocycles. The molecule has 0 bridgehead atoms. The van der Waals surface area contributed by atoms with Crippen LogP contribution in [0.4, 0.5) is 5.13 Å². The summed E-state index contributed by atoms with van der Waals surface area (Å²) in [7, 11) is -3.44. The second kappa shape index (κ2) is 9.58. The summed E-state index contributed by atoms with van der Waals surface area (Å²) < 4.78 is 26.9. The van der Waals surface area contributed by atoms with E-state index < -0.39 is 10.0 Å². The van der Waals surface area contributed by atoms with Crippen molar-refractivity contribution < 1.29 is 13.2 Å². The van der Waals surface area contributed by atoms with Gasteiger partial charge in [0.2, 0.25) is 21.1 Å². The number of hydrogen-bond acceptors (Lipinski definition) is 6. The van der Waals surface area contributed by atoms with Gasteiger partial charge in [-0.1, -0.05) is 43.2 Å². The fourth-order valence-corrected chi connectivity index (χ4v) is 5.43. The Bertz CT molecular complexity index is 888. The van der Waals surface area contributed by atoms with Crippen molar-refractivity contribution in [2.45, 2.75) is 56.8 Å². The van der Waals surface area contributed by atoms with Gasteiger partial charge >= 0.3 is 0 Å². The number of carbonyl (C=O) groups is 1.